The molecule has 2 rings (SSSR count). The average molecular weight is 217 g/mol. The van der Waals surface area contributed by atoms with Gasteiger partial charge in [-0.25, -0.2) is 0 Å². The quantitative estimate of drug-likeness (QED) is 0.752. The van der Waals surface area contributed by atoms with Gasteiger partial charge in [-0.15, -0.1) is 0 Å². The molecule has 0 aromatic heterocycles. The summed E-state index contributed by atoms with van der Waals surface area (Å²) in [5, 5.41) is 0. The van der Waals surface area contributed by atoms with Crippen molar-refractivity contribution in [3.63, 3.8) is 0 Å². The van der Waals surface area contributed by atoms with Gasteiger partial charge in [-0.05, 0) is 43.6 Å². The molecule has 0 radical (unpaired) electrons. The molecule has 0 atom stereocenters. The van der Waals surface area contributed by atoms with Gasteiger partial charge in [0.2, 0.25) is 0 Å². The zero-order chi connectivity index (χ0) is 11.2. The largest absolute Gasteiger partial charge is 0.492 e. The van der Waals surface area contributed by atoms with E-state index in [4.69, 9.17) is 4.74 Å². The summed E-state index contributed by atoms with van der Waals surface area (Å²) in [5.41, 5.74) is 1.11. The molecule has 16 heavy (non-hydrogen) atoms. The molecule has 1 aliphatic heterocycles. The molecule has 0 aliphatic carbocycles. The molecule has 86 valence electrons. The summed E-state index contributed by atoms with van der Waals surface area (Å²) < 4.78 is 5.72. The van der Waals surface area contributed by atoms with Crippen molar-refractivity contribution in [3.05, 3.63) is 36.4 Å². The molecule has 0 bridgehead atoms. The van der Waals surface area contributed by atoms with Crippen molar-refractivity contribution < 1.29 is 4.74 Å². The molecule has 1 fully saturated rings. The molecule has 1 aromatic rings. The average Bonchev–Trinajstić information content (AvgIpc) is 2.82. The zero-order valence-electron chi connectivity index (χ0n) is 9.69. The van der Waals surface area contributed by atoms with Crippen molar-refractivity contribution in [2.75, 3.05) is 26.2 Å². The second-order valence-corrected chi connectivity index (χ2v) is 4.17. The molecule has 2 nitrogen and oxygen atoms in total. The van der Waals surface area contributed by atoms with E-state index in [1.807, 2.05) is 30.3 Å². The fourth-order valence-corrected chi connectivity index (χ4v) is 2.03. The summed E-state index contributed by atoms with van der Waals surface area (Å²) >= 11 is 0. The maximum Gasteiger partial charge on any atom is 0.119 e. The lowest BCUT2D eigenvalue weighted by atomic mass is 10.2. The van der Waals surface area contributed by atoms with E-state index in [1.54, 1.807) is 0 Å². The second-order valence-electron chi connectivity index (χ2n) is 4.17. The Kier molecular flexibility index (Phi) is 4.00. The van der Waals surface area contributed by atoms with Crippen LogP contribution in [0.2, 0.25) is 0 Å². The fraction of sp³-hybridized carbons (Fsp3) is 0.429. The summed E-state index contributed by atoms with van der Waals surface area (Å²) in [6.45, 7) is 8.03. The Bertz CT molecular complexity index is 342. The third kappa shape index (κ3) is 3.11. The minimum absolute atomic E-state index is 0.778. The normalized spacial score (nSPS) is 16.2. The monoisotopic (exact) mass is 217 g/mol. The van der Waals surface area contributed by atoms with Crippen LogP contribution in [-0.2, 0) is 0 Å². The maximum absolute atomic E-state index is 5.72. The molecule has 1 aromatic carbocycles. The first kappa shape index (κ1) is 11.2. The Morgan fingerprint density at radius 2 is 2.12 bits per heavy atom. The fourth-order valence-electron chi connectivity index (χ4n) is 2.03. The number of likely N-dealkylation sites (tertiary alicyclic amines) is 1. The van der Waals surface area contributed by atoms with Crippen molar-refractivity contribution in [1.29, 1.82) is 0 Å². The molecular weight excluding hydrogens is 198 g/mol. The second kappa shape index (κ2) is 5.71. The Morgan fingerprint density at radius 3 is 2.88 bits per heavy atom. The standard InChI is InChI=1S/C14H19NO/c1-2-13-6-5-7-14(12-13)16-11-10-15-8-3-4-9-15/h2,5-7,12H,1,3-4,8-11H2. The highest BCUT2D eigenvalue weighted by Gasteiger charge is 2.10. The summed E-state index contributed by atoms with van der Waals surface area (Å²) in [7, 11) is 0. The number of rotatable bonds is 5. The molecule has 0 N–H and O–H groups in total. The molecule has 2 heteroatoms. The highest BCUT2D eigenvalue weighted by Crippen LogP contribution is 2.14. The first-order valence-electron chi connectivity index (χ1n) is 5.96. The highest BCUT2D eigenvalue weighted by molar-refractivity contribution is 5.49. The molecule has 1 saturated heterocycles. The van der Waals surface area contributed by atoms with Crippen LogP contribution in [0.3, 0.4) is 0 Å². The lowest BCUT2D eigenvalue weighted by Crippen LogP contribution is -2.25. The smallest absolute Gasteiger partial charge is 0.119 e. The molecule has 0 unspecified atom stereocenters. The summed E-state index contributed by atoms with van der Waals surface area (Å²) in [5.74, 6) is 0.941. The minimum atomic E-state index is 0.778. The predicted molar refractivity (Wildman–Crippen MR) is 67.7 cm³/mol. The van der Waals surface area contributed by atoms with E-state index in [1.165, 1.54) is 25.9 Å². The van der Waals surface area contributed by atoms with Crippen molar-refractivity contribution in [1.82, 2.24) is 4.90 Å². The number of benzene rings is 1. The Balaban J connectivity index is 1.77. The lowest BCUT2D eigenvalue weighted by Gasteiger charge is -2.14. The highest BCUT2D eigenvalue weighted by atomic mass is 16.5. The first-order valence-corrected chi connectivity index (χ1v) is 5.96. The summed E-state index contributed by atoms with van der Waals surface area (Å²) in [4.78, 5) is 2.46. The van der Waals surface area contributed by atoms with Crippen molar-refractivity contribution in [2.24, 2.45) is 0 Å². The molecule has 1 aliphatic rings. The van der Waals surface area contributed by atoms with Crippen molar-refractivity contribution >= 4 is 6.08 Å². The molecule has 0 spiro atoms. The van der Waals surface area contributed by atoms with Gasteiger partial charge in [0.1, 0.15) is 12.4 Å². The minimum Gasteiger partial charge on any atom is -0.492 e. The van der Waals surface area contributed by atoms with Gasteiger partial charge in [-0.2, -0.15) is 0 Å². The van der Waals surface area contributed by atoms with Crippen LogP contribution >= 0.6 is 0 Å². The van der Waals surface area contributed by atoms with Crippen LogP contribution in [0.4, 0.5) is 0 Å². The van der Waals surface area contributed by atoms with Crippen LogP contribution in [0.25, 0.3) is 6.08 Å². The maximum atomic E-state index is 5.72. The van der Waals surface area contributed by atoms with Crippen LogP contribution in [0.5, 0.6) is 5.75 Å². The van der Waals surface area contributed by atoms with E-state index in [9.17, 15) is 0 Å². The van der Waals surface area contributed by atoms with E-state index in [-0.39, 0.29) is 0 Å². The van der Waals surface area contributed by atoms with Gasteiger partial charge in [-0.3, -0.25) is 4.90 Å². The van der Waals surface area contributed by atoms with Crippen LogP contribution < -0.4 is 4.74 Å². The molecule has 1 heterocycles. The van der Waals surface area contributed by atoms with Crippen LogP contribution in [0, 0.1) is 0 Å². The number of hydrogen-bond acceptors (Lipinski definition) is 2. The van der Waals surface area contributed by atoms with Crippen molar-refractivity contribution in [2.45, 2.75) is 12.8 Å². The van der Waals surface area contributed by atoms with E-state index < -0.39 is 0 Å². The lowest BCUT2D eigenvalue weighted by molar-refractivity contribution is 0.238. The Hall–Kier alpha value is -1.28. The van der Waals surface area contributed by atoms with Crippen LogP contribution in [-0.4, -0.2) is 31.1 Å². The van der Waals surface area contributed by atoms with Gasteiger partial charge in [-0.1, -0.05) is 24.8 Å². The Morgan fingerprint density at radius 1 is 1.31 bits per heavy atom. The predicted octanol–water partition coefficient (Wildman–Crippen LogP) is 2.80. The van der Waals surface area contributed by atoms with E-state index in [2.05, 4.69) is 11.5 Å². The van der Waals surface area contributed by atoms with Crippen molar-refractivity contribution in [3.8, 4) is 5.75 Å². The van der Waals surface area contributed by atoms with E-state index >= 15 is 0 Å². The molecular formula is C14H19NO. The molecule has 0 saturated carbocycles. The van der Waals surface area contributed by atoms with Gasteiger partial charge >= 0.3 is 0 Å². The first-order chi connectivity index (χ1) is 7.88. The summed E-state index contributed by atoms with van der Waals surface area (Å²) in [6.07, 6.45) is 4.52. The van der Waals surface area contributed by atoms with E-state index in [0.29, 0.717) is 0 Å². The number of ether oxygens (including phenoxy) is 1. The van der Waals surface area contributed by atoms with Gasteiger partial charge in [0.05, 0.1) is 0 Å². The van der Waals surface area contributed by atoms with Crippen LogP contribution in [0.1, 0.15) is 18.4 Å². The zero-order valence-corrected chi connectivity index (χ0v) is 9.69. The SMILES string of the molecule is C=Cc1cccc(OCCN2CCCC2)c1. The topological polar surface area (TPSA) is 12.5 Å². The third-order valence-corrected chi connectivity index (χ3v) is 2.97. The summed E-state index contributed by atoms with van der Waals surface area (Å²) in [6, 6.07) is 8.05. The molecule has 0 amide bonds. The van der Waals surface area contributed by atoms with Gasteiger partial charge in [0.15, 0.2) is 0 Å². The Labute approximate surface area is 97.5 Å². The van der Waals surface area contributed by atoms with Gasteiger partial charge in [0.25, 0.3) is 0 Å². The van der Waals surface area contributed by atoms with Gasteiger partial charge < -0.3 is 4.74 Å². The van der Waals surface area contributed by atoms with Crippen LogP contribution in [0.15, 0.2) is 30.8 Å². The number of nitrogens with zero attached hydrogens (tertiary/aromatic N) is 1. The third-order valence-electron chi connectivity index (χ3n) is 2.97. The number of hydrogen-bond donors (Lipinski definition) is 0. The van der Waals surface area contributed by atoms with Gasteiger partial charge in [0, 0.05) is 6.54 Å². The van der Waals surface area contributed by atoms with E-state index in [0.717, 1.165) is 24.5 Å².